The minimum Gasteiger partial charge on any atom is -0.313 e. The van der Waals surface area contributed by atoms with Gasteiger partial charge >= 0.3 is 0 Å². The Labute approximate surface area is 260 Å². The average molecular weight is 654 g/mol. The van der Waals surface area contributed by atoms with E-state index in [2.05, 4.69) is 15.0 Å². The van der Waals surface area contributed by atoms with Gasteiger partial charge in [0.2, 0.25) is 0 Å². The van der Waals surface area contributed by atoms with Crippen molar-refractivity contribution in [1.82, 2.24) is 18.9 Å². The van der Waals surface area contributed by atoms with Gasteiger partial charge in [0.05, 0.1) is 29.5 Å². The molecule has 46 heavy (non-hydrogen) atoms. The molecule has 1 fully saturated rings. The molecule has 0 saturated heterocycles. The second kappa shape index (κ2) is 12.2. The number of fused-ring (bicyclic) bond motifs is 1. The molecule has 1 N–H and O–H groups in total. The highest BCUT2D eigenvalue weighted by Crippen LogP contribution is 2.33. The quantitative estimate of drug-likeness (QED) is 0.167. The van der Waals surface area contributed by atoms with Gasteiger partial charge in [-0.05, 0) is 67.6 Å². The predicted octanol–water partition coefficient (Wildman–Crippen LogP) is 6.12. The molecular weight excluding hydrogens is 626 g/mol. The van der Waals surface area contributed by atoms with Crippen molar-refractivity contribution in [3.63, 3.8) is 0 Å². The van der Waals surface area contributed by atoms with Gasteiger partial charge in [-0.25, -0.2) is 34.9 Å². The first-order valence-electron chi connectivity index (χ1n) is 14.5. The number of hydrogen-bond acceptors (Lipinski definition) is 6. The van der Waals surface area contributed by atoms with Gasteiger partial charge in [-0.1, -0.05) is 25.3 Å². The smallest absolute Gasteiger partial charge is 0.276 e. The predicted molar refractivity (Wildman–Crippen MR) is 161 cm³/mol. The third-order valence-corrected chi connectivity index (χ3v) is 10.0. The minimum absolute atomic E-state index is 0.180. The lowest BCUT2D eigenvalue weighted by molar-refractivity contribution is 0.0979. The number of rotatable bonds is 7. The number of carbonyl (C=O) groups excluding carboxylic acids is 1. The molecule has 0 bridgehead atoms. The first-order chi connectivity index (χ1) is 22.0. The average Bonchev–Trinajstić information content (AvgIpc) is 3.57. The number of benzene rings is 2. The highest BCUT2D eigenvalue weighted by molar-refractivity contribution is 7.90. The molecule has 0 radical (unpaired) electrons. The Kier molecular flexibility index (Phi) is 8.23. The van der Waals surface area contributed by atoms with Gasteiger partial charge in [0.1, 0.15) is 5.69 Å². The van der Waals surface area contributed by atoms with Crippen molar-refractivity contribution in [2.75, 3.05) is 4.90 Å². The van der Waals surface area contributed by atoms with Gasteiger partial charge in [-0.2, -0.15) is 0 Å². The van der Waals surface area contributed by atoms with Crippen molar-refractivity contribution in [3.8, 4) is 0 Å². The monoisotopic (exact) mass is 653 g/mol. The molecule has 1 aliphatic carbocycles. The summed E-state index contributed by atoms with van der Waals surface area (Å²) in [5.74, 6) is -8.56. The van der Waals surface area contributed by atoms with Crippen LogP contribution in [-0.4, -0.2) is 33.2 Å². The number of amides is 1. The molecule has 14 heteroatoms. The number of nitrogens with one attached hydrogen (secondary N) is 1. The number of halogens is 4. The van der Waals surface area contributed by atoms with Crippen LogP contribution in [0.5, 0.6) is 0 Å². The van der Waals surface area contributed by atoms with E-state index in [1.807, 2.05) is 6.07 Å². The van der Waals surface area contributed by atoms with E-state index >= 15 is 0 Å². The summed E-state index contributed by atoms with van der Waals surface area (Å²) in [6.45, 7) is 0.581. The molecule has 0 aliphatic heterocycles. The van der Waals surface area contributed by atoms with Gasteiger partial charge in [-0.15, -0.1) is 0 Å². The third kappa shape index (κ3) is 5.46. The number of aromatic nitrogens is 4. The van der Waals surface area contributed by atoms with E-state index in [0.29, 0.717) is 11.6 Å². The second-order valence-electron chi connectivity index (χ2n) is 11.1. The van der Waals surface area contributed by atoms with Crippen LogP contribution in [0, 0.1) is 30.2 Å². The SMILES string of the molecule is Cc1c(F)c(F)c(S(=O)(=O)n2cccc2C(=O)N(Cc2ccc(C3CCCCC3)cn2)c2ccc3c(=O)[nH]cnc3c2)c(F)c1F. The maximum absolute atomic E-state index is 14.9. The largest absolute Gasteiger partial charge is 0.313 e. The lowest BCUT2D eigenvalue weighted by Crippen LogP contribution is -2.34. The van der Waals surface area contributed by atoms with Crippen molar-refractivity contribution < 1.29 is 30.8 Å². The fraction of sp³-hybridized carbons (Fsp3) is 0.250. The van der Waals surface area contributed by atoms with Crippen molar-refractivity contribution in [1.29, 1.82) is 0 Å². The summed E-state index contributed by atoms with van der Waals surface area (Å²) in [4.78, 5) is 36.9. The van der Waals surface area contributed by atoms with Crippen LogP contribution in [0.2, 0.25) is 0 Å². The zero-order valence-corrected chi connectivity index (χ0v) is 25.3. The van der Waals surface area contributed by atoms with Crippen LogP contribution in [0.4, 0.5) is 23.2 Å². The van der Waals surface area contributed by atoms with Crippen LogP contribution >= 0.6 is 0 Å². The third-order valence-electron chi connectivity index (χ3n) is 8.32. The van der Waals surface area contributed by atoms with Crippen molar-refractivity contribution in [3.05, 3.63) is 117 Å². The van der Waals surface area contributed by atoms with E-state index in [9.17, 15) is 35.6 Å². The summed E-state index contributed by atoms with van der Waals surface area (Å²) in [5.41, 5.74) is -0.102. The van der Waals surface area contributed by atoms with Crippen LogP contribution in [0.3, 0.4) is 0 Å². The molecule has 0 unspecified atom stereocenters. The molecule has 238 valence electrons. The Morgan fingerprint density at radius 1 is 0.978 bits per heavy atom. The van der Waals surface area contributed by atoms with Crippen LogP contribution in [0.25, 0.3) is 10.9 Å². The summed E-state index contributed by atoms with van der Waals surface area (Å²) in [5, 5.41) is 0.230. The molecule has 1 aliphatic rings. The molecule has 9 nitrogen and oxygen atoms in total. The Morgan fingerprint density at radius 2 is 1.70 bits per heavy atom. The molecule has 1 saturated carbocycles. The van der Waals surface area contributed by atoms with Gasteiger partial charge in [0.25, 0.3) is 21.5 Å². The fourth-order valence-corrected chi connectivity index (χ4v) is 7.26. The molecule has 5 aromatic rings. The second-order valence-corrected chi connectivity index (χ2v) is 12.9. The summed E-state index contributed by atoms with van der Waals surface area (Å²) in [6, 6.07) is 10.3. The highest BCUT2D eigenvalue weighted by atomic mass is 32.2. The number of carbonyl (C=O) groups is 1. The first-order valence-corrected chi connectivity index (χ1v) is 15.9. The minimum atomic E-state index is -5.38. The maximum atomic E-state index is 14.9. The number of anilines is 1. The summed E-state index contributed by atoms with van der Waals surface area (Å²) < 4.78 is 85.8. The van der Waals surface area contributed by atoms with Gasteiger partial charge in [-0.3, -0.25) is 14.6 Å². The van der Waals surface area contributed by atoms with Crippen molar-refractivity contribution in [2.24, 2.45) is 0 Å². The van der Waals surface area contributed by atoms with E-state index in [-0.39, 0.29) is 27.1 Å². The highest BCUT2D eigenvalue weighted by Gasteiger charge is 2.35. The van der Waals surface area contributed by atoms with E-state index in [1.54, 1.807) is 12.3 Å². The zero-order valence-electron chi connectivity index (χ0n) is 24.4. The number of nitrogens with zero attached hydrogens (tertiary/aromatic N) is 4. The first kappa shape index (κ1) is 31.1. The summed E-state index contributed by atoms with van der Waals surface area (Å²) >= 11 is 0. The maximum Gasteiger partial charge on any atom is 0.276 e. The van der Waals surface area contributed by atoms with E-state index in [1.165, 1.54) is 30.9 Å². The molecule has 2 aromatic carbocycles. The molecule has 1 amide bonds. The van der Waals surface area contributed by atoms with Crippen LogP contribution in [0.15, 0.2) is 70.9 Å². The Hall–Kier alpha value is -4.85. The van der Waals surface area contributed by atoms with Crippen LogP contribution in [0.1, 0.15) is 65.3 Å². The van der Waals surface area contributed by atoms with Gasteiger partial charge in [0, 0.05) is 23.6 Å². The van der Waals surface area contributed by atoms with Gasteiger partial charge in [0.15, 0.2) is 28.2 Å². The number of H-pyrrole nitrogens is 1. The van der Waals surface area contributed by atoms with Crippen LogP contribution < -0.4 is 10.5 Å². The molecule has 6 rings (SSSR count). The normalized spacial score (nSPS) is 14.1. The molecule has 0 spiro atoms. The summed E-state index contributed by atoms with van der Waals surface area (Å²) in [7, 11) is -5.38. The molecular formula is C32H27F4N5O4S. The van der Waals surface area contributed by atoms with Crippen LogP contribution in [-0.2, 0) is 16.6 Å². The van der Waals surface area contributed by atoms with E-state index in [0.717, 1.165) is 61.4 Å². The molecule has 0 atom stereocenters. The number of hydrogen-bond donors (Lipinski definition) is 1. The summed E-state index contributed by atoms with van der Waals surface area (Å²) in [6.07, 6.45) is 9.33. The van der Waals surface area contributed by atoms with Crippen molar-refractivity contribution >= 4 is 32.5 Å². The van der Waals surface area contributed by atoms with E-state index < -0.39 is 60.9 Å². The zero-order chi connectivity index (χ0) is 32.7. The Morgan fingerprint density at radius 3 is 2.37 bits per heavy atom. The Bertz CT molecular complexity index is 2110. The van der Waals surface area contributed by atoms with Gasteiger partial charge < -0.3 is 9.88 Å². The Balaban J connectivity index is 1.43. The molecule has 3 heterocycles. The number of aromatic amines is 1. The fourth-order valence-electron chi connectivity index (χ4n) is 5.80. The molecule has 3 aromatic heterocycles. The number of pyridine rings is 1. The standard InChI is InChI=1S/C32H27F4N5O4S/c1-18-26(33)28(35)30(29(36)27(18)34)46(44,45)41-13-5-8-25(41)32(43)40(22-11-12-23-24(14-22)38-17-39-31(23)42)16-21-10-9-20(15-37-21)19-6-3-2-4-7-19/h5,8-15,17,19H,2-4,6-7,16H2,1H3,(H,38,39,42). The topological polar surface area (TPSA) is 118 Å². The lowest BCUT2D eigenvalue weighted by atomic mass is 9.85. The van der Waals surface area contributed by atoms with Crippen molar-refractivity contribution in [2.45, 2.75) is 56.4 Å². The lowest BCUT2D eigenvalue weighted by Gasteiger charge is -2.25. The van der Waals surface area contributed by atoms with E-state index in [4.69, 9.17) is 0 Å².